The molecule has 0 aliphatic rings. The first-order valence-corrected chi connectivity index (χ1v) is 24.0. The van der Waals surface area contributed by atoms with Gasteiger partial charge in [0.2, 0.25) is 5.91 Å². The van der Waals surface area contributed by atoms with Crippen molar-refractivity contribution < 1.29 is 47.1 Å². The Hall–Kier alpha value is -1.52. The van der Waals surface area contributed by atoms with Gasteiger partial charge in [-0.05, 0) is 25.7 Å². The molecule has 12 heteroatoms. The molecule has 2 atom stereocenters. The zero-order valence-electron chi connectivity index (χ0n) is 35.6. The maximum absolute atomic E-state index is 12.7. The van der Waals surface area contributed by atoms with E-state index in [1.165, 1.54) is 122 Å². The van der Waals surface area contributed by atoms with Gasteiger partial charge < -0.3 is 24.4 Å². The molecular formula is C43H84NO10P. The van der Waals surface area contributed by atoms with Gasteiger partial charge in [-0.25, -0.2) is 4.57 Å². The standard InChI is InChI=1S/C43H84NO10P/c1-4-6-8-10-12-14-16-18-20-22-24-26-28-33-42(46)51-38-40(39-53-55(48,49)52-37-35-44-41(45)32-30-31-36-50-3)54-43(47)34-29-27-25-23-21-19-17-15-13-11-9-7-5-2/h40H,4-39H2,1-3H3,(H,44,45)(H,48,49). The lowest BCUT2D eigenvalue weighted by atomic mass is 10.0. The Labute approximate surface area is 336 Å². The fourth-order valence-corrected chi connectivity index (χ4v) is 7.13. The topological polar surface area (TPSA) is 147 Å². The summed E-state index contributed by atoms with van der Waals surface area (Å²) in [6, 6.07) is 0. The number of phosphoric ester groups is 1. The molecule has 0 aromatic carbocycles. The van der Waals surface area contributed by atoms with Gasteiger partial charge in [0, 0.05) is 39.5 Å². The van der Waals surface area contributed by atoms with Crippen molar-refractivity contribution in [2.75, 3.05) is 40.1 Å². The molecule has 0 fully saturated rings. The molecule has 0 radical (unpaired) electrons. The summed E-state index contributed by atoms with van der Waals surface area (Å²) in [5.74, 6) is -1.06. The van der Waals surface area contributed by atoms with Crippen LogP contribution in [0.15, 0.2) is 0 Å². The van der Waals surface area contributed by atoms with Crippen LogP contribution in [0.3, 0.4) is 0 Å². The van der Waals surface area contributed by atoms with E-state index in [2.05, 4.69) is 19.2 Å². The Morgan fingerprint density at radius 2 is 0.945 bits per heavy atom. The third kappa shape index (κ3) is 40.5. The minimum absolute atomic E-state index is 0.0331. The number of nitrogens with one attached hydrogen (secondary N) is 1. The predicted molar refractivity (Wildman–Crippen MR) is 222 cm³/mol. The van der Waals surface area contributed by atoms with Gasteiger partial charge in [-0.15, -0.1) is 0 Å². The maximum atomic E-state index is 12.7. The number of carbonyl (C=O) groups excluding carboxylic acids is 3. The van der Waals surface area contributed by atoms with E-state index in [9.17, 15) is 23.8 Å². The molecule has 2 N–H and O–H groups in total. The van der Waals surface area contributed by atoms with Crippen LogP contribution in [0.25, 0.3) is 0 Å². The molecule has 0 bridgehead atoms. The predicted octanol–water partition coefficient (Wildman–Crippen LogP) is 11.5. The highest BCUT2D eigenvalue weighted by Crippen LogP contribution is 2.43. The second-order valence-electron chi connectivity index (χ2n) is 15.2. The number of esters is 2. The largest absolute Gasteiger partial charge is 0.472 e. The molecule has 326 valence electrons. The molecule has 2 unspecified atom stereocenters. The quantitative estimate of drug-likeness (QED) is 0.0347. The van der Waals surface area contributed by atoms with Crippen molar-refractivity contribution in [3.63, 3.8) is 0 Å². The summed E-state index contributed by atoms with van der Waals surface area (Å²) < 4.78 is 38.6. The molecule has 0 aliphatic carbocycles. The molecule has 0 spiro atoms. The van der Waals surface area contributed by atoms with E-state index in [4.69, 9.17) is 23.3 Å². The van der Waals surface area contributed by atoms with Gasteiger partial charge in [-0.2, -0.15) is 0 Å². The van der Waals surface area contributed by atoms with Crippen molar-refractivity contribution in [3.8, 4) is 0 Å². The zero-order valence-corrected chi connectivity index (χ0v) is 36.5. The van der Waals surface area contributed by atoms with E-state index in [-0.39, 0.29) is 38.5 Å². The molecule has 1 amide bonds. The summed E-state index contributed by atoms with van der Waals surface area (Å²) in [5.41, 5.74) is 0. The summed E-state index contributed by atoms with van der Waals surface area (Å²) in [6.07, 6.45) is 32.5. The van der Waals surface area contributed by atoms with Gasteiger partial charge in [-0.3, -0.25) is 23.4 Å². The van der Waals surface area contributed by atoms with Gasteiger partial charge >= 0.3 is 19.8 Å². The highest BCUT2D eigenvalue weighted by molar-refractivity contribution is 7.47. The molecular weight excluding hydrogens is 721 g/mol. The number of methoxy groups -OCH3 is 1. The van der Waals surface area contributed by atoms with E-state index in [0.29, 0.717) is 25.9 Å². The Kier molecular flexibility index (Phi) is 39.5. The molecule has 0 aromatic heterocycles. The monoisotopic (exact) mass is 806 g/mol. The third-order valence-electron chi connectivity index (χ3n) is 9.80. The van der Waals surface area contributed by atoms with Crippen LogP contribution < -0.4 is 5.32 Å². The lowest BCUT2D eigenvalue weighted by Gasteiger charge is -2.20. The minimum atomic E-state index is -4.52. The number of rotatable bonds is 43. The summed E-state index contributed by atoms with van der Waals surface area (Å²) >= 11 is 0. The van der Waals surface area contributed by atoms with Gasteiger partial charge in [-0.1, -0.05) is 168 Å². The van der Waals surface area contributed by atoms with Crippen molar-refractivity contribution in [3.05, 3.63) is 0 Å². The van der Waals surface area contributed by atoms with Crippen LogP contribution in [0.2, 0.25) is 0 Å². The summed E-state index contributed by atoms with van der Waals surface area (Å²) in [7, 11) is -2.92. The normalized spacial score (nSPS) is 13.0. The van der Waals surface area contributed by atoms with E-state index in [1.54, 1.807) is 7.11 Å². The first kappa shape index (κ1) is 53.5. The van der Waals surface area contributed by atoms with Crippen LogP contribution in [-0.4, -0.2) is 68.9 Å². The van der Waals surface area contributed by atoms with Gasteiger partial charge in [0.1, 0.15) is 6.61 Å². The van der Waals surface area contributed by atoms with Crippen molar-refractivity contribution >= 4 is 25.7 Å². The molecule has 0 heterocycles. The summed E-state index contributed by atoms with van der Waals surface area (Å²) in [5, 5.41) is 2.63. The summed E-state index contributed by atoms with van der Waals surface area (Å²) in [4.78, 5) is 47.3. The molecule has 0 saturated heterocycles. The lowest BCUT2D eigenvalue weighted by Crippen LogP contribution is -2.30. The van der Waals surface area contributed by atoms with Crippen LogP contribution in [-0.2, 0) is 42.2 Å². The zero-order chi connectivity index (χ0) is 40.5. The highest BCUT2D eigenvalue weighted by atomic mass is 31.2. The highest BCUT2D eigenvalue weighted by Gasteiger charge is 2.26. The first-order valence-electron chi connectivity index (χ1n) is 22.5. The molecule has 0 aromatic rings. The Morgan fingerprint density at radius 3 is 1.40 bits per heavy atom. The van der Waals surface area contributed by atoms with Crippen molar-refractivity contribution in [2.45, 2.75) is 219 Å². The fraction of sp³-hybridized carbons (Fsp3) is 0.930. The number of carbonyl (C=O) groups is 3. The molecule has 0 saturated carbocycles. The Morgan fingerprint density at radius 1 is 0.527 bits per heavy atom. The Balaban J connectivity index is 4.49. The number of hydrogen-bond acceptors (Lipinski definition) is 9. The smallest absolute Gasteiger partial charge is 0.462 e. The number of hydrogen-bond donors (Lipinski definition) is 2. The summed E-state index contributed by atoms with van der Waals surface area (Å²) in [6.45, 7) is 4.11. The maximum Gasteiger partial charge on any atom is 0.472 e. The average Bonchev–Trinajstić information content (AvgIpc) is 3.16. The molecule has 11 nitrogen and oxygen atoms in total. The lowest BCUT2D eigenvalue weighted by molar-refractivity contribution is -0.161. The van der Waals surface area contributed by atoms with Crippen LogP contribution in [0.5, 0.6) is 0 Å². The van der Waals surface area contributed by atoms with Crippen molar-refractivity contribution in [2.24, 2.45) is 0 Å². The number of ether oxygens (including phenoxy) is 3. The third-order valence-corrected chi connectivity index (χ3v) is 10.8. The Bertz CT molecular complexity index is 937. The van der Waals surface area contributed by atoms with Crippen molar-refractivity contribution in [1.29, 1.82) is 0 Å². The van der Waals surface area contributed by atoms with Crippen LogP contribution >= 0.6 is 7.82 Å². The molecule has 0 aliphatic heterocycles. The van der Waals surface area contributed by atoms with E-state index < -0.39 is 32.5 Å². The SMILES string of the molecule is CCCCCCCCCCCCCCCC(=O)OCC(COP(=O)(O)OCCNC(=O)CCCCOC)OC(=O)CCCCCCCCCCCCCCC. The van der Waals surface area contributed by atoms with Gasteiger partial charge in [0.15, 0.2) is 6.10 Å². The van der Waals surface area contributed by atoms with Crippen LogP contribution in [0.4, 0.5) is 0 Å². The number of phosphoric acid groups is 1. The fourth-order valence-electron chi connectivity index (χ4n) is 6.38. The van der Waals surface area contributed by atoms with Gasteiger partial charge in [0.05, 0.1) is 13.2 Å². The first-order chi connectivity index (χ1) is 26.7. The van der Waals surface area contributed by atoms with Crippen LogP contribution in [0.1, 0.15) is 213 Å². The molecule has 0 rings (SSSR count). The second kappa shape index (κ2) is 40.7. The molecule has 55 heavy (non-hydrogen) atoms. The van der Waals surface area contributed by atoms with Crippen LogP contribution in [0, 0.1) is 0 Å². The van der Waals surface area contributed by atoms with Gasteiger partial charge in [0.25, 0.3) is 0 Å². The van der Waals surface area contributed by atoms with E-state index >= 15 is 0 Å². The number of unbranched alkanes of at least 4 members (excludes halogenated alkanes) is 25. The second-order valence-corrected chi connectivity index (χ2v) is 16.6. The number of amides is 1. The van der Waals surface area contributed by atoms with E-state index in [1.807, 2.05) is 0 Å². The average molecular weight is 806 g/mol. The minimum Gasteiger partial charge on any atom is -0.462 e. The van der Waals surface area contributed by atoms with E-state index in [0.717, 1.165) is 44.9 Å². The van der Waals surface area contributed by atoms with Crippen molar-refractivity contribution in [1.82, 2.24) is 5.32 Å².